The molecule has 3 amide bonds. The zero-order valence-electron chi connectivity index (χ0n) is 16.2. The van der Waals surface area contributed by atoms with E-state index in [1.807, 2.05) is 0 Å². The number of aryl methyl sites for hydroxylation is 1. The number of nitrogens with two attached hydrogens (primary N) is 1. The van der Waals surface area contributed by atoms with E-state index in [0.717, 1.165) is 6.42 Å². The number of primary amides is 1. The van der Waals surface area contributed by atoms with Crippen molar-refractivity contribution in [2.45, 2.75) is 33.1 Å². The molecule has 0 bridgehead atoms. The Morgan fingerprint density at radius 3 is 2.72 bits per heavy atom. The van der Waals surface area contributed by atoms with Crippen molar-refractivity contribution in [2.75, 3.05) is 11.9 Å². The molecular formula is C20H22N4O5. The summed E-state index contributed by atoms with van der Waals surface area (Å²) in [7, 11) is 0. The lowest BCUT2D eigenvalue weighted by Crippen LogP contribution is -2.27. The molecule has 1 aliphatic rings. The van der Waals surface area contributed by atoms with Gasteiger partial charge in [0.2, 0.25) is 0 Å². The van der Waals surface area contributed by atoms with E-state index in [1.54, 1.807) is 38.1 Å². The van der Waals surface area contributed by atoms with Crippen molar-refractivity contribution in [1.82, 2.24) is 5.43 Å². The van der Waals surface area contributed by atoms with Crippen LogP contribution in [0.3, 0.4) is 0 Å². The van der Waals surface area contributed by atoms with Gasteiger partial charge in [0.15, 0.2) is 5.76 Å². The summed E-state index contributed by atoms with van der Waals surface area (Å²) in [5, 5.41) is 6.76. The molecule has 0 saturated heterocycles. The van der Waals surface area contributed by atoms with Crippen LogP contribution in [0.15, 0.2) is 33.8 Å². The zero-order valence-corrected chi connectivity index (χ0v) is 16.2. The van der Waals surface area contributed by atoms with Crippen LogP contribution >= 0.6 is 0 Å². The highest BCUT2D eigenvalue weighted by Crippen LogP contribution is 2.30. The number of hydrogen-bond acceptors (Lipinski definition) is 6. The third kappa shape index (κ3) is 4.29. The molecule has 1 heterocycles. The van der Waals surface area contributed by atoms with Crippen LogP contribution in [0.5, 0.6) is 0 Å². The van der Waals surface area contributed by atoms with Gasteiger partial charge in [-0.25, -0.2) is 15.0 Å². The van der Waals surface area contributed by atoms with Gasteiger partial charge >= 0.3 is 12.0 Å². The second kappa shape index (κ2) is 8.59. The lowest BCUT2D eigenvalue weighted by atomic mass is 9.93. The Hall–Kier alpha value is -3.62. The molecule has 0 radical (unpaired) electrons. The number of carbonyl (C=O) groups is 3. The Labute approximate surface area is 167 Å². The number of carbonyl (C=O) groups excluding carboxylic acids is 3. The molecule has 29 heavy (non-hydrogen) atoms. The van der Waals surface area contributed by atoms with Gasteiger partial charge in [-0.15, -0.1) is 0 Å². The van der Waals surface area contributed by atoms with Gasteiger partial charge in [-0.3, -0.25) is 4.79 Å². The van der Waals surface area contributed by atoms with Gasteiger partial charge in [0.25, 0.3) is 5.91 Å². The molecule has 2 aromatic rings. The monoisotopic (exact) mass is 398 g/mol. The highest BCUT2D eigenvalue weighted by atomic mass is 16.5. The third-order valence-electron chi connectivity index (χ3n) is 4.50. The molecule has 152 valence electrons. The van der Waals surface area contributed by atoms with Gasteiger partial charge < -0.3 is 20.2 Å². The molecule has 0 spiro atoms. The largest absolute Gasteiger partial charge is 0.462 e. The molecule has 9 heteroatoms. The van der Waals surface area contributed by atoms with Gasteiger partial charge in [0, 0.05) is 17.5 Å². The van der Waals surface area contributed by atoms with E-state index in [0.29, 0.717) is 41.1 Å². The minimum atomic E-state index is -0.765. The van der Waals surface area contributed by atoms with Crippen LogP contribution < -0.4 is 16.5 Å². The van der Waals surface area contributed by atoms with E-state index in [4.69, 9.17) is 14.9 Å². The molecule has 0 fully saturated rings. The molecular weight excluding hydrogens is 376 g/mol. The molecule has 1 aromatic carbocycles. The molecule has 0 saturated carbocycles. The number of amides is 3. The average Bonchev–Trinajstić information content (AvgIpc) is 3.04. The first-order chi connectivity index (χ1) is 13.9. The van der Waals surface area contributed by atoms with Crippen LogP contribution in [0.2, 0.25) is 0 Å². The third-order valence-corrected chi connectivity index (χ3v) is 4.50. The number of hydrogen-bond donors (Lipinski definition) is 3. The van der Waals surface area contributed by atoms with E-state index < -0.39 is 17.9 Å². The number of nitrogens with one attached hydrogen (secondary N) is 2. The summed E-state index contributed by atoms with van der Waals surface area (Å²) in [6.45, 7) is 3.69. The van der Waals surface area contributed by atoms with Crippen LogP contribution in [-0.4, -0.2) is 30.2 Å². The van der Waals surface area contributed by atoms with E-state index in [-0.39, 0.29) is 17.9 Å². The molecule has 1 aliphatic carbocycles. The maximum atomic E-state index is 12.9. The number of fused-ring (bicyclic) bond motifs is 1. The SMILES string of the molecule is CCOC(=O)c1ccccc1NC(=O)c1oc2c(c1C)/C(=N/NC(N)=O)CCC2. The Balaban J connectivity index is 1.90. The molecule has 9 nitrogen and oxygen atoms in total. The first-order valence-electron chi connectivity index (χ1n) is 9.24. The van der Waals surface area contributed by atoms with Crippen LogP contribution in [0.25, 0.3) is 0 Å². The van der Waals surface area contributed by atoms with Crippen molar-refractivity contribution in [3.05, 3.63) is 52.5 Å². The second-order valence-electron chi connectivity index (χ2n) is 6.46. The fourth-order valence-electron chi connectivity index (χ4n) is 3.28. The Bertz CT molecular complexity index is 993. The quantitative estimate of drug-likeness (QED) is 0.525. The number of hydrazone groups is 1. The van der Waals surface area contributed by atoms with Crippen LogP contribution in [0.1, 0.15) is 57.6 Å². The summed E-state index contributed by atoms with van der Waals surface area (Å²) in [5.41, 5.74) is 9.81. The van der Waals surface area contributed by atoms with Crippen molar-refractivity contribution in [1.29, 1.82) is 0 Å². The topological polar surface area (TPSA) is 136 Å². The van der Waals surface area contributed by atoms with Crippen LogP contribution in [0.4, 0.5) is 10.5 Å². The summed E-state index contributed by atoms with van der Waals surface area (Å²) < 4.78 is 10.8. The zero-order chi connectivity index (χ0) is 21.0. The number of esters is 1. The lowest BCUT2D eigenvalue weighted by Gasteiger charge is -2.13. The van der Waals surface area contributed by atoms with Gasteiger partial charge in [-0.2, -0.15) is 5.10 Å². The Morgan fingerprint density at radius 2 is 2.00 bits per heavy atom. The minimum absolute atomic E-state index is 0.127. The summed E-state index contributed by atoms with van der Waals surface area (Å²) in [5.74, 6) is -0.258. The Kier molecular flexibility index (Phi) is 5.96. The van der Waals surface area contributed by atoms with Gasteiger partial charge in [0.1, 0.15) is 5.76 Å². The first-order valence-corrected chi connectivity index (χ1v) is 9.24. The average molecular weight is 398 g/mol. The highest BCUT2D eigenvalue weighted by Gasteiger charge is 2.28. The number of rotatable bonds is 5. The van der Waals surface area contributed by atoms with E-state index in [9.17, 15) is 14.4 Å². The van der Waals surface area contributed by atoms with E-state index >= 15 is 0 Å². The Morgan fingerprint density at radius 1 is 1.24 bits per heavy atom. The predicted molar refractivity (Wildman–Crippen MR) is 106 cm³/mol. The minimum Gasteiger partial charge on any atom is -0.462 e. The summed E-state index contributed by atoms with van der Waals surface area (Å²) in [4.78, 5) is 36.0. The van der Waals surface area contributed by atoms with Crippen LogP contribution in [0, 0.1) is 6.92 Å². The fraction of sp³-hybridized carbons (Fsp3) is 0.300. The number of anilines is 1. The molecule has 3 rings (SSSR count). The highest BCUT2D eigenvalue weighted by molar-refractivity contribution is 6.10. The van der Waals surface area contributed by atoms with Crippen molar-refractivity contribution >= 4 is 29.3 Å². The standard InChI is InChI=1S/C20H22N4O5/c1-3-28-19(26)12-7-4-5-8-13(12)22-18(25)17-11(2)16-14(23-24-20(21)27)9-6-10-15(16)29-17/h4-5,7-8H,3,6,9-10H2,1-2H3,(H,22,25)(H3,21,24,27)/b23-14+. The second-order valence-corrected chi connectivity index (χ2v) is 6.46. The number of nitrogens with zero attached hydrogens (tertiary/aromatic N) is 1. The number of ether oxygens (including phenoxy) is 1. The normalized spacial score (nSPS) is 14.2. The summed E-state index contributed by atoms with van der Waals surface area (Å²) in [6, 6.07) is 5.82. The summed E-state index contributed by atoms with van der Waals surface area (Å²) in [6.07, 6.45) is 2.05. The van der Waals surface area contributed by atoms with Crippen molar-refractivity contribution in [3.8, 4) is 0 Å². The first kappa shape index (κ1) is 20.1. The van der Waals surface area contributed by atoms with Gasteiger partial charge in [-0.05, 0) is 38.8 Å². The smallest absolute Gasteiger partial charge is 0.340 e. The van der Waals surface area contributed by atoms with Crippen molar-refractivity contribution < 1.29 is 23.5 Å². The molecule has 1 aromatic heterocycles. The predicted octanol–water partition coefficient (Wildman–Crippen LogP) is 2.73. The van der Waals surface area contributed by atoms with E-state index in [2.05, 4.69) is 15.8 Å². The van der Waals surface area contributed by atoms with Crippen LogP contribution in [-0.2, 0) is 11.2 Å². The van der Waals surface area contributed by atoms with Crippen molar-refractivity contribution in [3.63, 3.8) is 0 Å². The lowest BCUT2D eigenvalue weighted by molar-refractivity contribution is 0.0527. The molecule has 0 aliphatic heterocycles. The maximum Gasteiger partial charge on any atom is 0.340 e. The van der Waals surface area contributed by atoms with Crippen molar-refractivity contribution in [2.24, 2.45) is 10.8 Å². The summed E-state index contributed by atoms with van der Waals surface area (Å²) >= 11 is 0. The molecule has 0 atom stereocenters. The number of furan rings is 1. The number of benzene rings is 1. The van der Waals surface area contributed by atoms with Gasteiger partial charge in [-0.1, -0.05) is 12.1 Å². The molecule has 0 unspecified atom stereocenters. The number of urea groups is 1. The maximum absolute atomic E-state index is 12.9. The number of para-hydroxylation sites is 1. The molecule has 4 N–H and O–H groups in total. The fourth-order valence-corrected chi connectivity index (χ4v) is 3.28. The van der Waals surface area contributed by atoms with Gasteiger partial charge in [0.05, 0.1) is 23.6 Å². The van der Waals surface area contributed by atoms with E-state index in [1.165, 1.54) is 0 Å².